The van der Waals surface area contributed by atoms with Gasteiger partial charge in [0.2, 0.25) is 6.08 Å². The highest BCUT2D eigenvalue weighted by molar-refractivity contribution is 5.67. The van der Waals surface area contributed by atoms with Gasteiger partial charge in [0.1, 0.15) is 6.10 Å². The standard InChI is InChI=1S/C35H58N2O3/c1-25(2)11-10-12-26(3)30-15-16-31-29-14-13-27-23-28(17-19-34(27,4)32(29)18-20-35(30,31)5)40-33(39)37-22-9-7-6-8-21-36-24-38/h13,25-26,28-32H,6-12,14-23H2,1-5H3,(H,37,39)/t26-,28?,29+,30-,31+,32+,34+,35-/m1/s1. The van der Waals surface area contributed by atoms with Crippen LogP contribution < -0.4 is 5.32 Å². The number of nitrogens with one attached hydrogen (secondary N) is 1. The molecule has 226 valence electrons. The van der Waals surface area contributed by atoms with E-state index in [2.05, 4.69) is 51.0 Å². The number of fused-ring (bicyclic) bond motifs is 5. The zero-order chi connectivity index (χ0) is 28.8. The number of isocyanates is 1. The Morgan fingerprint density at radius 3 is 2.60 bits per heavy atom. The lowest BCUT2D eigenvalue weighted by atomic mass is 9.47. The fraction of sp³-hybridized carbons (Fsp3) is 0.886. The molecule has 3 saturated carbocycles. The molecule has 0 saturated heterocycles. The van der Waals surface area contributed by atoms with E-state index in [1.165, 1.54) is 51.4 Å². The monoisotopic (exact) mass is 554 g/mol. The fourth-order valence-electron chi connectivity index (χ4n) is 9.85. The maximum absolute atomic E-state index is 12.5. The third-order valence-electron chi connectivity index (χ3n) is 12.1. The highest BCUT2D eigenvalue weighted by Gasteiger charge is 2.59. The quantitative estimate of drug-likeness (QED) is 0.107. The second kappa shape index (κ2) is 14.0. The van der Waals surface area contributed by atoms with Gasteiger partial charge in [0.15, 0.2) is 0 Å². The number of carbonyl (C=O) groups is 1. The van der Waals surface area contributed by atoms with Gasteiger partial charge in [-0.3, -0.25) is 0 Å². The summed E-state index contributed by atoms with van der Waals surface area (Å²) in [5.41, 5.74) is 2.40. The van der Waals surface area contributed by atoms with Crippen molar-refractivity contribution < 1.29 is 14.3 Å². The van der Waals surface area contributed by atoms with Crippen molar-refractivity contribution in [1.82, 2.24) is 5.32 Å². The molecule has 5 heteroatoms. The van der Waals surface area contributed by atoms with Crippen LogP contribution in [0.5, 0.6) is 0 Å². The van der Waals surface area contributed by atoms with Gasteiger partial charge in [0, 0.05) is 13.0 Å². The summed E-state index contributed by atoms with van der Waals surface area (Å²) < 4.78 is 5.90. The summed E-state index contributed by atoms with van der Waals surface area (Å²) in [6, 6.07) is 0. The Hall–Kier alpha value is -1.61. The molecule has 0 heterocycles. The minimum absolute atomic E-state index is 0.00786. The summed E-state index contributed by atoms with van der Waals surface area (Å²) >= 11 is 0. The van der Waals surface area contributed by atoms with Crippen molar-refractivity contribution >= 4 is 12.2 Å². The van der Waals surface area contributed by atoms with Crippen LogP contribution in [0, 0.1) is 46.3 Å². The summed E-state index contributed by atoms with van der Waals surface area (Å²) in [6.45, 7) is 13.7. The van der Waals surface area contributed by atoms with Crippen molar-refractivity contribution in [2.75, 3.05) is 13.1 Å². The molecule has 3 fully saturated rings. The molecule has 0 bridgehead atoms. The second-order valence-corrected chi connectivity index (χ2v) is 14.9. The van der Waals surface area contributed by atoms with Crippen LogP contribution in [0.4, 0.5) is 4.79 Å². The molecule has 4 aliphatic carbocycles. The largest absolute Gasteiger partial charge is 0.446 e. The summed E-state index contributed by atoms with van der Waals surface area (Å²) in [5.74, 6) is 5.11. The van der Waals surface area contributed by atoms with Crippen molar-refractivity contribution in [3.8, 4) is 0 Å². The number of alkyl carbamates (subject to hydrolysis) is 1. The molecule has 4 rings (SSSR count). The average molecular weight is 555 g/mol. The summed E-state index contributed by atoms with van der Waals surface area (Å²) in [4.78, 5) is 26.2. The molecular formula is C35H58N2O3. The Bertz CT molecular complexity index is 924. The van der Waals surface area contributed by atoms with E-state index >= 15 is 0 Å². The van der Waals surface area contributed by atoms with Crippen molar-refractivity contribution in [2.45, 2.75) is 137 Å². The van der Waals surface area contributed by atoms with E-state index < -0.39 is 0 Å². The molecule has 0 aromatic rings. The number of rotatable bonds is 13. The van der Waals surface area contributed by atoms with E-state index in [-0.39, 0.29) is 17.6 Å². The lowest BCUT2D eigenvalue weighted by Crippen LogP contribution is -2.51. The van der Waals surface area contributed by atoms with Gasteiger partial charge in [-0.15, -0.1) is 0 Å². The molecule has 8 atom stereocenters. The normalized spacial score (nSPS) is 35.5. The minimum atomic E-state index is -0.263. The molecule has 0 aliphatic heterocycles. The van der Waals surface area contributed by atoms with Crippen molar-refractivity contribution in [1.29, 1.82) is 0 Å². The van der Waals surface area contributed by atoms with Gasteiger partial charge in [-0.1, -0.05) is 78.4 Å². The molecule has 0 aromatic carbocycles. The minimum Gasteiger partial charge on any atom is -0.446 e. The molecule has 0 radical (unpaired) electrons. The van der Waals surface area contributed by atoms with E-state index in [0.29, 0.717) is 18.5 Å². The number of nitrogens with zero attached hydrogens (tertiary/aromatic N) is 1. The fourth-order valence-corrected chi connectivity index (χ4v) is 9.85. The maximum atomic E-state index is 12.5. The van der Waals surface area contributed by atoms with Crippen LogP contribution in [-0.2, 0) is 9.53 Å². The zero-order valence-electron chi connectivity index (χ0n) is 26.3. The number of hydrogen-bond acceptors (Lipinski definition) is 4. The SMILES string of the molecule is CC(C)CCC[C@@H](C)[C@H]1CC[C@H]2[C@@H]3CC=C4CC(OC(=O)NCCCCCCN=C=O)CC[C@]4(C)[C@H]3CC[C@]12C. The van der Waals surface area contributed by atoms with Gasteiger partial charge >= 0.3 is 6.09 Å². The van der Waals surface area contributed by atoms with E-state index in [1.54, 1.807) is 11.7 Å². The number of carbonyl (C=O) groups excluding carboxylic acids is 2. The lowest BCUT2D eigenvalue weighted by Gasteiger charge is -2.58. The first kappa shape index (κ1) is 31.3. The Balaban J connectivity index is 1.27. The Kier molecular flexibility index (Phi) is 11.0. The van der Waals surface area contributed by atoms with Gasteiger partial charge < -0.3 is 10.1 Å². The predicted molar refractivity (Wildman–Crippen MR) is 163 cm³/mol. The lowest BCUT2D eigenvalue weighted by molar-refractivity contribution is -0.0581. The Labute approximate surface area is 244 Å². The van der Waals surface area contributed by atoms with E-state index in [4.69, 9.17) is 4.74 Å². The summed E-state index contributed by atoms with van der Waals surface area (Å²) in [7, 11) is 0. The van der Waals surface area contributed by atoms with Crippen LogP contribution in [0.3, 0.4) is 0 Å². The Morgan fingerprint density at radius 1 is 1.02 bits per heavy atom. The van der Waals surface area contributed by atoms with Crippen molar-refractivity contribution in [3.63, 3.8) is 0 Å². The summed E-state index contributed by atoms with van der Waals surface area (Å²) in [5, 5.41) is 2.95. The molecule has 1 amide bonds. The highest BCUT2D eigenvalue weighted by atomic mass is 16.6. The van der Waals surface area contributed by atoms with Gasteiger partial charge in [-0.05, 0) is 104 Å². The molecule has 40 heavy (non-hydrogen) atoms. The van der Waals surface area contributed by atoms with E-state index in [1.807, 2.05) is 0 Å². The smallest absolute Gasteiger partial charge is 0.407 e. The van der Waals surface area contributed by atoms with Crippen LogP contribution in [0.2, 0.25) is 0 Å². The number of allylic oxidation sites excluding steroid dienone is 1. The molecule has 1 N–H and O–H groups in total. The number of amides is 1. The molecule has 0 spiro atoms. The first-order valence-electron chi connectivity index (χ1n) is 16.9. The number of ether oxygens (including phenoxy) is 1. The molecular weight excluding hydrogens is 496 g/mol. The zero-order valence-corrected chi connectivity index (χ0v) is 26.3. The first-order valence-corrected chi connectivity index (χ1v) is 16.9. The molecule has 0 aromatic heterocycles. The van der Waals surface area contributed by atoms with Gasteiger partial charge in [0.05, 0.1) is 6.54 Å². The molecule has 5 nitrogen and oxygen atoms in total. The van der Waals surface area contributed by atoms with Crippen LogP contribution in [0.15, 0.2) is 16.6 Å². The highest BCUT2D eigenvalue weighted by Crippen LogP contribution is 2.67. The maximum Gasteiger partial charge on any atom is 0.407 e. The topological polar surface area (TPSA) is 67.8 Å². The number of aliphatic imine (C=N–C) groups is 1. The second-order valence-electron chi connectivity index (χ2n) is 14.9. The third-order valence-corrected chi connectivity index (χ3v) is 12.1. The van der Waals surface area contributed by atoms with Crippen molar-refractivity contribution in [2.24, 2.45) is 51.3 Å². The Morgan fingerprint density at radius 2 is 1.82 bits per heavy atom. The number of unbranched alkanes of at least 4 members (excludes halogenated alkanes) is 3. The van der Waals surface area contributed by atoms with Gasteiger partial charge in [-0.2, -0.15) is 0 Å². The average Bonchev–Trinajstić information content (AvgIpc) is 3.27. The van der Waals surface area contributed by atoms with Crippen LogP contribution in [0.1, 0.15) is 131 Å². The molecule has 4 aliphatic rings. The van der Waals surface area contributed by atoms with Crippen LogP contribution in [0.25, 0.3) is 0 Å². The van der Waals surface area contributed by atoms with Gasteiger partial charge in [0.25, 0.3) is 0 Å². The number of hydrogen-bond donors (Lipinski definition) is 1. The van der Waals surface area contributed by atoms with Crippen LogP contribution in [-0.4, -0.2) is 31.4 Å². The van der Waals surface area contributed by atoms with E-state index in [0.717, 1.165) is 80.5 Å². The van der Waals surface area contributed by atoms with Crippen molar-refractivity contribution in [3.05, 3.63) is 11.6 Å². The third kappa shape index (κ3) is 7.05. The van der Waals surface area contributed by atoms with Gasteiger partial charge in [-0.25, -0.2) is 14.6 Å². The van der Waals surface area contributed by atoms with E-state index in [9.17, 15) is 9.59 Å². The summed E-state index contributed by atoms with van der Waals surface area (Å²) in [6.07, 6.45) is 21.9. The van der Waals surface area contributed by atoms with Crippen LogP contribution >= 0.6 is 0 Å². The first-order chi connectivity index (χ1) is 19.2. The molecule has 1 unspecified atom stereocenters. The predicted octanol–water partition coefficient (Wildman–Crippen LogP) is 9.02.